The van der Waals surface area contributed by atoms with Crippen LogP contribution >= 0.6 is 0 Å². The van der Waals surface area contributed by atoms with Crippen molar-refractivity contribution in [3.05, 3.63) is 343 Å². The van der Waals surface area contributed by atoms with Gasteiger partial charge < -0.3 is 14.4 Å². The van der Waals surface area contributed by atoms with Gasteiger partial charge in [0.2, 0.25) is 0 Å². The average molecular weight is 1340 g/mol. The fraction of sp³-hybridized carbons (Fsp3) is 0.122. The van der Waals surface area contributed by atoms with Gasteiger partial charge in [-0.1, -0.05) is 287 Å². The van der Waals surface area contributed by atoms with Gasteiger partial charge in [0.25, 0.3) is 6.71 Å². The Kier molecular flexibility index (Phi) is 15.7. The van der Waals surface area contributed by atoms with Gasteiger partial charge in [0.15, 0.2) is 5.69 Å². The van der Waals surface area contributed by atoms with E-state index >= 15 is 0 Å². The molecule has 0 aliphatic carbocycles. The van der Waals surface area contributed by atoms with Crippen LogP contribution in [-0.2, 0) is 16.2 Å². The van der Waals surface area contributed by atoms with E-state index in [2.05, 4.69) is 361 Å². The van der Waals surface area contributed by atoms with Crippen LogP contribution < -0.4 is 26.2 Å². The number of hydrogen-bond donors (Lipinski definition) is 0. The van der Waals surface area contributed by atoms with Crippen LogP contribution in [0.5, 0.6) is 0 Å². The van der Waals surface area contributed by atoms with Crippen LogP contribution in [0, 0.1) is 17.9 Å². The molecular formula is C98H78BN5. The van der Waals surface area contributed by atoms with Crippen LogP contribution in [-0.4, -0.2) is 11.3 Å². The molecule has 14 aromatic carbocycles. The van der Waals surface area contributed by atoms with Gasteiger partial charge in [0.1, 0.15) is 0 Å². The van der Waals surface area contributed by atoms with Gasteiger partial charge in [-0.05, 0) is 190 Å². The predicted octanol–water partition coefficient (Wildman–Crippen LogP) is 24.9. The van der Waals surface area contributed by atoms with Crippen LogP contribution in [0.2, 0.25) is 0 Å². The molecule has 6 heteroatoms. The molecule has 0 spiro atoms. The first-order valence-electron chi connectivity index (χ1n) is 36.2. The van der Waals surface area contributed by atoms with Crippen molar-refractivity contribution < 1.29 is 0 Å². The van der Waals surface area contributed by atoms with Crippen molar-refractivity contribution in [1.29, 1.82) is 5.26 Å². The van der Waals surface area contributed by atoms with Gasteiger partial charge in [-0.3, -0.25) is 0 Å². The summed E-state index contributed by atoms with van der Waals surface area (Å²) in [6.45, 7) is 28.8. The number of nitrogens with zero attached hydrogens (tertiary/aromatic N) is 5. The summed E-state index contributed by atoms with van der Waals surface area (Å²) in [5.74, 6) is 0. The second-order valence-electron chi connectivity index (χ2n) is 31.1. The van der Waals surface area contributed by atoms with Crippen LogP contribution in [0.15, 0.2) is 309 Å². The first kappa shape index (κ1) is 64.9. The van der Waals surface area contributed by atoms with E-state index < -0.39 is 0 Å². The number of para-hydroxylation sites is 2. The molecule has 0 N–H and O–H groups in total. The van der Waals surface area contributed by atoms with E-state index in [1.165, 1.54) is 43.9 Å². The van der Waals surface area contributed by atoms with Crippen LogP contribution in [0.4, 0.5) is 39.8 Å². The Morgan fingerprint density at radius 1 is 0.327 bits per heavy atom. The molecule has 2 aliphatic rings. The molecule has 0 radical (unpaired) electrons. The first-order chi connectivity index (χ1) is 50.4. The minimum Gasteiger partial charge on any atom is -0.310 e. The van der Waals surface area contributed by atoms with Crippen molar-refractivity contribution in [3.8, 4) is 89.6 Å². The molecule has 498 valence electrons. The van der Waals surface area contributed by atoms with Crippen molar-refractivity contribution in [2.75, 3.05) is 9.80 Å². The standard InChI is InChI=1S/C98H78BN5/c1-96(2,3)74-45-40-67(41-46-74)83-55-72(69-33-24-26-63(52-69)62-100)54-81(65-29-16-12-17-30-65)94(83)103-89-58-71(64-27-14-11-15-28-64)44-50-85(89)99-86-51-49-78(102-87-38-22-20-36-79(87)80-37-21-23-39-88(80)102)61-90(86)104(92-60-76(98(7,8)9)59-91(103)93(92)99)95-82(66-31-18-13-19-32-66)56-73(70-34-25-35-77(53-70)101-10)57-84(95)68-42-47-75(48-43-68)97(4,5)6/h11-61H,1-9H3. The zero-order valence-corrected chi connectivity index (χ0v) is 60.3. The molecule has 0 saturated heterocycles. The molecule has 5 nitrogen and oxygen atoms in total. The van der Waals surface area contributed by atoms with Crippen molar-refractivity contribution in [1.82, 2.24) is 4.57 Å². The van der Waals surface area contributed by atoms with E-state index in [1.807, 2.05) is 36.4 Å². The van der Waals surface area contributed by atoms with Gasteiger partial charge in [-0.25, -0.2) is 4.85 Å². The van der Waals surface area contributed by atoms with Crippen LogP contribution in [0.3, 0.4) is 0 Å². The number of anilines is 6. The summed E-state index contributed by atoms with van der Waals surface area (Å²) in [4.78, 5) is 9.31. The molecule has 0 amide bonds. The van der Waals surface area contributed by atoms with E-state index in [4.69, 9.17) is 6.57 Å². The van der Waals surface area contributed by atoms with Crippen LogP contribution in [0.1, 0.15) is 84.6 Å². The molecule has 3 heterocycles. The molecule has 1 aromatic heterocycles. The van der Waals surface area contributed by atoms with Crippen molar-refractivity contribution in [2.24, 2.45) is 0 Å². The highest BCUT2D eigenvalue weighted by Crippen LogP contribution is 2.56. The zero-order valence-electron chi connectivity index (χ0n) is 60.3. The van der Waals surface area contributed by atoms with Crippen molar-refractivity contribution in [2.45, 2.75) is 78.6 Å². The summed E-state index contributed by atoms with van der Waals surface area (Å²) in [7, 11) is 0. The number of rotatable bonds is 10. The third-order valence-corrected chi connectivity index (χ3v) is 21.5. The molecule has 0 atom stereocenters. The molecule has 15 aromatic rings. The highest BCUT2D eigenvalue weighted by atomic mass is 15.2. The van der Waals surface area contributed by atoms with E-state index in [1.54, 1.807) is 0 Å². The lowest BCUT2D eigenvalue weighted by molar-refractivity contribution is 0.590. The lowest BCUT2D eigenvalue weighted by atomic mass is 9.33. The topological polar surface area (TPSA) is 39.6 Å². The normalized spacial score (nSPS) is 12.6. The Morgan fingerprint density at radius 3 is 1.19 bits per heavy atom. The number of hydrogen-bond acceptors (Lipinski definition) is 3. The van der Waals surface area contributed by atoms with Gasteiger partial charge in [-0.15, -0.1) is 0 Å². The summed E-state index contributed by atoms with van der Waals surface area (Å²) in [6, 6.07) is 117. The van der Waals surface area contributed by atoms with Crippen LogP contribution in [0.25, 0.3) is 110 Å². The monoisotopic (exact) mass is 1340 g/mol. The fourth-order valence-electron chi connectivity index (χ4n) is 16.1. The Hall–Kier alpha value is -12.5. The summed E-state index contributed by atoms with van der Waals surface area (Å²) < 4.78 is 2.47. The third-order valence-electron chi connectivity index (χ3n) is 21.5. The zero-order chi connectivity index (χ0) is 71.3. The maximum Gasteiger partial charge on any atom is 0.252 e. The summed E-state index contributed by atoms with van der Waals surface area (Å²) >= 11 is 0. The smallest absolute Gasteiger partial charge is 0.252 e. The summed E-state index contributed by atoms with van der Waals surface area (Å²) in [5, 5.41) is 12.9. The fourth-order valence-corrected chi connectivity index (χ4v) is 16.1. The van der Waals surface area contributed by atoms with E-state index in [0.717, 1.165) is 129 Å². The number of aromatic nitrogens is 1. The van der Waals surface area contributed by atoms with Crippen molar-refractivity contribution >= 4 is 84.7 Å². The number of fused-ring (bicyclic) bond motifs is 7. The third kappa shape index (κ3) is 11.3. The number of benzene rings is 14. The van der Waals surface area contributed by atoms with Gasteiger partial charge in [-0.2, -0.15) is 5.26 Å². The first-order valence-corrected chi connectivity index (χ1v) is 36.2. The van der Waals surface area contributed by atoms with E-state index in [0.29, 0.717) is 11.3 Å². The highest BCUT2D eigenvalue weighted by molar-refractivity contribution is 7.00. The quantitative estimate of drug-likeness (QED) is 0.101. The van der Waals surface area contributed by atoms with Gasteiger partial charge in [0, 0.05) is 61.5 Å². The lowest BCUT2D eigenvalue weighted by Crippen LogP contribution is -2.61. The molecular weight excluding hydrogens is 1260 g/mol. The number of nitriles is 1. The molecule has 0 fully saturated rings. The van der Waals surface area contributed by atoms with Gasteiger partial charge in [0.05, 0.1) is 40.6 Å². The second-order valence-corrected chi connectivity index (χ2v) is 31.1. The predicted molar refractivity (Wildman–Crippen MR) is 440 cm³/mol. The average Bonchev–Trinajstić information content (AvgIpc) is 0.774. The minimum atomic E-state index is -0.384. The maximum absolute atomic E-state index is 10.5. The highest BCUT2D eigenvalue weighted by Gasteiger charge is 2.46. The molecule has 0 unspecified atom stereocenters. The SMILES string of the molecule is [C-]#[N+]c1cccc(-c2cc(-c3ccccc3)c(N3c4cc(-n5c6ccccc6c6ccccc65)ccc4B4c5ccc(-c6ccccc6)cc5N(c5c(-c6ccccc6)cc(-c6cccc(C#N)c6)cc5-c5ccc(C(C)(C)C)cc5)c5cc(C(C)(C)C)cc3c54)c(-c3ccc(C(C)(C)C)cc3)c2)c1. The Balaban J connectivity index is 1.06. The lowest BCUT2D eigenvalue weighted by Gasteiger charge is -2.46. The second kappa shape index (κ2) is 25.2. The molecule has 0 saturated carbocycles. The molecule has 2 aliphatic heterocycles. The Bertz CT molecular complexity index is 5940. The largest absolute Gasteiger partial charge is 0.310 e. The van der Waals surface area contributed by atoms with E-state index in [9.17, 15) is 5.26 Å². The van der Waals surface area contributed by atoms with E-state index in [-0.39, 0.29) is 23.0 Å². The molecule has 104 heavy (non-hydrogen) atoms. The molecule has 0 bridgehead atoms. The molecule has 17 rings (SSSR count). The Morgan fingerprint density at radius 2 is 0.721 bits per heavy atom. The van der Waals surface area contributed by atoms with Crippen molar-refractivity contribution in [3.63, 3.8) is 0 Å². The minimum absolute atomic E-state index is 0.0937. The maximum atomic E-state index is 10.5. The Labute approximate surface area is 611 Å². The summed E-state index contributed by atoms with van der Waals surface area (Å²) in [6.07, 6.45) is 0. The van der Waals surface area contributed by atoms with Gasteiger partial charge >= 0.3 is 0 Å². The summed E-state index contributed by atoms with van der Waals surface area (Å²) in [5.41, 5.74) is 32.3.